The first-order valence-electron chi connectivity index (χ1n) is 10.3. The molecule has 0 spiro atoms. The fourth-order valence-electron chi connectivity index (χ4n) is 3.47. The van der Waals surface area contributed by atoms with Crippen LogP contribution in [0.5, 0.6) is 5.75 Å². The molecule has 2 heterocycles. The molecular formula is C23H30N4O2. The third-order valence-corrected chi connectivity index (χ3v) is 5.25. The molecule has 0 amide bonds. The van der Waals surface area contributed by atoms with Gasteiger partial charge in [-0.1, -0.05) is 25.8 Å². The number of hydrogen-bond donors (Lipinski definition) is 2. The van der Waals surface area contributed by atoms with Gasteiger partial charge in [-0.15, -0.1) is 0 Å². The van der Waals surface area contributed by atoms with Gasteiger partial charge in [-0.25, -0.2) is 4.98 Å². The van der Waals surface area contributed by atoms with Crippen LogP contribution in [0, 0.1) is 6.92 Å². The van der Waals surface area contributed by atoms with E-state index in [1.54, 1.807) is 13.3 Å². The molecule has 2 aromatic heterocycles. The van der Waals surface area contributed by atoms with Gasteiger partial charge >= 0.3 is 0 Å². The Hall–Kier alpha value is -2.73. The molecule has 1 aromatic carbocycles. The van der Waals surface area contributed by atoms with Crippen LogP contribution in [0.3, 0.4) is 0 Å². The van der Waals surface area contributed by atoms with Gasteiger partial charge in [-0.3, -0.25) is 9.78 Å². The lowest BCUT2D eigenvalue weighted by Crippen LogP contribution is -2.12. The van der Waals surface area contributed by atoms with E-state index in [4.69, 9.17) is 10.5 Å². The summed E-state index contributed by atoms with van der Waals surface area (Å²) in [5, 5.41) is 1.05. The summed E-state index contributed by atoms with van der Waals surface area (Å²) in [4.78, 5) is 23.8. The summed E-state index contributed by atoms with van der Waals surface area (Å²) < 4.78 is 5.59. The summed E-state index contributed by atoms with van der Waals surface area (Å²) in [6.45, 7) is 3.89. The number of hydrogen-bond acceptors (Lipinski definition) is 5. The Labute approximate surface area is 171 Å². The van der Waals surface area contributed by atoms with Gasteiger partial charge in [0, 0.05) is 35.6 Å². The van der Waals surface area contributed by atoms with Crippen molar-refractivity contribution in [2.24, 2.45) is 5.73 Å². The maximum Gasteiger partial charge on any atom is 0.132 e. The minimum Gasteiger partial charge on any atom is -0.496 e. The number of benzene rings is 1. The molecule has 29 heavy (non-hydrogen) atoms. The maximum atomic E-state index is 11.4. The zero-order valence-electron chi connectivity index (χ0n) is 17.5. The van der Waals surface area contributed by atoms with E-state index in [2.05, 4.69) is 27.1 Å². The van der Waals surface area contributed by atoms with E-state index >= 15 is 0 Å². The molecular weight excluding hydrogens is 364 g/mol. The highest BCUT2D eigenvalue weighted by atomic mass is 16.5. The van der Waals surface area contributed by atoms with Crippen molar-refractivity contribution in [2.75, 3.05) is 7.11 Å². The third kappa shape index (κ3) is 5.21. The highest BCUT2D eigenvalue weighted by molar-refractivity contribution is 5.87. The molecule has 6 nitrogen and oxygen atoms in total. The van der Waals surface area contributed by atoms with E-state index in [1.165, 1.54) is 0 Å². The first-order valence-corrected chi connectivity index (χ1v) is 10.3. The van der Waals surface area contributed by atoms with Gasteiger partial charge in [-0.2, -0.15) is 0 Å². The molecule has 3 rings (SSSR count). The molecule has 0 aliphatic carbocycles. The second kappa shape index (κ2) is 9.65. The Balaban J connectivity index is 1.69. The molecule has 0 aliphatic heterocycles. The van der Waals surface area contributed by atoms with E-state index in [-0.39, 0.29) is 6.04 Å². The lowest BCUT2D eigenvalue weighted by Gasteiger charge is -2.10. The SMILES string of the molecule is CCC(=O)CCCCC[C@H](N)c1ncc(-c2cc3ccc(C)nc3cc2OC)[nH]1. The summed E-state index contributed by atoms with van der Waals surface area (Å²) in [7, 11) is 1.66. The Bertz CT molecular complexity index is 980. The average molecular weight is 395 g/mol. The second-order valence-electron chi connectivity index (χ2n) is 7.48. The molecule has 3 N–H and O–H groups in total. The van der Waals surface area contributed by atoms with Crippen molar-refractivity contribution in [1.82, 2.24) is 15.0 Å². The van der Waals surface area contributed by atoms with Crippen LogP contribution in [0.4, 0.5) is 0 Å². The highest BCUT2D eigenvalue weighted by Crippen LogP contribution is 2.33. The predicted octanol–water partition coefficient (Wildman–Crippen LogP) is 4.87. The molecule has 154 valence electrons. The minimum absolute atomic E-state index is 0.151. The van der Waals surface area contributed by atoms with Gasteiger partial charge < -0.3 is 15.5 Å². The van der Waals surface area contributed by atoms with Gasteiger partial charge in [0.05, 0.1) is 30.6 Å². The number of methoxy groups -OCH3 is 1. The summed E-state index contributed by atoms with van der Waals surface area (Å²) in [5.41, 5.74) is 10.0. The number of nitrogens with zero attached hydrogens (tertiary/aromatic N) is 2. The Morgan fingerprint density at radius 1 is 1.24 bits per heavy atom. The van der Waals surface area contributed by atoms with Crippen LogP contribution in [-0.2, 0) is 4.79 Å². The number of pyridine rings is 1. The van der Waals surface area contributed by atoms with Crippen molar-refractivity contribution < 1.29 is 9.53 Å². The highest BCUT2D eigenvalue weighted by Gasteiger charge is 2.15. The number of aromatic amines is 1. The molecule has 6 heteroatoms. The molecule has 0 saturated heterocycles. The van der Waals surface area contributed by atoms with Crippen LogP contribution < -0.4 is 10.5 Å². The first-order chi connectivity index (χ1) is 14.0. The van der Waals surface area contributed by atoms with Crippen LogP contribution in [0.25, 0.3) is 22.2 Å². The number of aromatic nitrogens is 3. The van der Waals surface area contributed by atoms with Gasteiger partial charge in [0.2, 0.25) is 0 Å². The van der Waals surface area contributed by atoms with Crippen LogP contribution >= 0.6 is 0 Å². The molecule has 3 aromatic rings. The van der Waals surface area contributed by atoms with Crippen LogP contribution in [0.2, 0.25) is 0 Å². The standard InChI is InChI=1S/C23H30N4O2/c1-4-17(28)8-6-5-7-9-19(24)23-25-14-21(27-23)18-12-16-11-10-15(2)26-20(16)13-22(18)29-3/h10-14,19H,4-9,24H2,1-3H3,(H,25,27)/t19-/m0/s1. The number of carbonyl (C=O) groups excluding carboxylic acids is 1. The monoisotopic (exact) mass is 394 g/mol. The van der Waals surface area contributed by atoms with Crippen LogP contribution in [0.15, 0.2) is 30.5 Å². The number of nitrogens with one attached hydrogen (secondary N) is 1. The van der Waals surface area contributed by atoms with Gasteiger partial charge in [0.1, 0.15) is 17.4 Å². The summed E-state index contributed by atoms with van der Waals surface area (Å²) >= 11 is 0. The quantitative estimate of drug-likeness (QED) is 0.478. The summed E-state index contributed by atoms with van der Waals surface area (Å²) in [5.74, 6) is 1.86. The lowest BCUT2D eigenvalue weighted by atomic mass is 10.1. The smallest absolute Gasteiger partial charge is 0.132 e. The maximum absolute atomic E-state index is 11.4. The van der Waals surface area contributed by atoms with Crippen molar-refractivity contribution in [2.45, 2.75) is 58.4 Å². The number of unbranched alkanes of at least 4 members (excludes halogenated alkanes) is 2. The van der Waals surface area contributed by atoms with Crippen LogP contribution in [-0.4, -0.2) is 27.8 Å². The first kappa shape index (κ1) is 21.0. The second-order valence-corrected chi connectivity index (χ2v) is 7.48. The number of Topliss-reactive ketones (excluding diaryl/α,β-unsaturated/α-hetero) is 1. The van der Waals surface area contributed by atoms with Crippen molar-refractivity contribution >= 4 is 16.7 Å². The van der Waals surface area contributed by atoms with E-state index in [0.29, 0.717) is 18.6 Å². The predicted molar refractivity (Wildman–Crippen MR) is 116 cm³/mol. The molecule has 1 atom stereocenters. The average Bonchev–Trinajstić information content (AvgIpc) is 3.22. The Kier molecular flexibility index (Phi) is 6.99. The van der Waals surface area contributed by atoms with Gasteiger partial charge in [0.15, 0.2) is 0 Å². The zero-order valence-corrected chi connectivity index (χ0v) is 17.5. The molecule has 0 aliphatic rings. The molecule has 0 saturated carbocycles. The number of nitrogens with two attached hydrogens (primary N) is 1. The van der Waals surface area contributed by atoms with E-state index < -0.39 is 0 Å². The fourth-order valence-corrected chi connectivity index (χ4v) is 3.47. The summed E-state index contributed by atoms with van der Waals surface area (Å²) in [6, 6.07) is 7.93. The molecule has 0 unspecified atom stereocenters. The fraction of sp³-hybridized carbons (Fsp3) is 0.435. The topological polar surface area (TPSA) is 93.9 Å². The number of ketones is 1. The number of H-pyrrole nitrogens is 1. The summed E-state index contributed by atoms with van der Waals surface area (Å²) in [6.07, 6.45) is 6.88. The van der Waals surface area contributed by atoms with Crippen molar-refractivity contribution in [3.05, 3.63) is 42.0 Å². The Morgan fingerprint density at radius 3 is 2.83 bits per heavy atom. The molecule has 0 radical (unpaired) electrons. The lowest BCUT2D eigenvalue weighted by molar-refractivity contribution is -0.118. The van der Waals surface area contributed by atoms with Crippen molar-refractivity contribution in [1.29, 1.82) is 0 Å². The number of ether oxygens (including phenoxy) is 1. The van der Waals surface area contributed by atoms with Crippen LogP contribution in [0.1, 0.15) is 63.0 Å². The third-order valence-electron chi connectivity index (χ3n) is 5.25. The van der Waals surface area contributed by atoms with E-state index in [0.717, 1.165) is 65.1 Å². The van der Waals surface area contributed by atoms with Gasteiger partial charge in [0.25, 0.3) is 0 Å². The van der Waals surface area contributed by atoms with Crippen molar-refractivity contribution in [3.63, 3.8) is 0 Å². The Morgan fingerprint density at radius 2 is 2.07 bits per heavy atom. The number of aryl methyl sites for hydroxylation is 1. The molecule has 0 fully saturated rings. The van der Waals surface area contributed by atoms with Crippen molar-refractivity contribution in [3.8, 4) is 17.0 Å². The molecule has 0 bridgehead atoms. The zero-order chi connectivity index (χ0) is 20.8. The number of rotatable bonds is 10. The van der Waals surface area contributed by atoms with E-state index in [1.807, 2.05) is 26.0 Å². The number of imidazole rings is 1. The minimum atomic E-state index is -0.151. The van der Waals surface area contributed by atoms with Gasteiger partial charge in [-0.05, 0) is 31.9 Å². The number of carbonyl (C=O) groups is 1. The largest absolute Gasteiger partial charge is 0.496 e. The van der Waals surface area contributed by atoms with E-state index in [9.17, 15) is 4.79 Å². The normalized spacial score (nSPS) is 12.3. The number of fused-ring (bicyclic) bond motifs is 1.